The van der Waals surface area contributed by atoms with Crippen molar-refractivity contribution < 1.29 is 4.74 Å². The third-order valence-corrected chi connectivity index (χ3v) is 4.13. The van der Waals surface area contributed by atoms with Crippen molar-refractivity contribution in [1.29, 1.82) is 0 Å². The number of rotatable bonds is 0. The summed E-state index contributed by atoms with van der Waals surface area (Å²) in [5.41, 5.74) is 0.674. The molecule has 0 N–H and O–H groups in total. The maximum absolute atomic E-state index is 5.62. The molecule has 1 heteroatoms. The number of epoxide rings is 1. The van der Waals surface area contributed by atoms with Gasteiger partial charge in [-0.3, -0.25) is 0 Å². The third kappa shape index (κ3) is 0.455. The topological polar surface area (TPSA) is 12.5 Å². The Hall–Kier alpha value is -0.460. The minimum Gasteiger partial charge on any atom is -0.480 e. The predicted molar refractivity (Wildman–Crippen MR) is 43.0 cm³/mol. The van der Waals surface area contributed by atoms with Gasteiger partial charge in [-0.25, -0.2) is 0 Å². The van der Waals surface area contributed by atoms with E-state index in [0.717, 1.165) is 11.8 Å². The Labute approximate surface area is 67.4 Å². The van der Waals surface area contributed by atoms with E-state index in [2.05, 4.69) is 26.8 Å². The second-order valence-corrected chi connectivity index (χ2v) is 4.96. The first-order valence-corrected chi connectivity index (χ1v) is 4.46. The van der Waals surface area contributed by atoms with Gasteiger partial charge in [-0.1, -0.05) is 13.8 Å². The highest BCUT2D eigenvalue weighted by Gasteiger charge is 2.69. The molecule has 4 rings (SSSR count). The van der Waals surface area contributed by atoms with Crippen molar-refractivity contribution in [2.45, 2.75) is 32.8 Å². The van der Waals surface area contributed by atoms with Gasteiger partial charge in [-0.2, -0.15) is 0 Å². The quantitative estimate of drug-likeness (QED) is 0.483. The molecule has 0 amide bonds. The fourth-order valence-corrected chi connectivity index (χ4v) is 3.00. The lowest BCUT2D eigenvalue weighted by Crippen LogP contribution is -2.52. The molecule has 3 unspecified atom stereocenters. The first-order chi connectivity index (χ1) is 5.05. The van der Waals surface area contributed by atoms with Gasteiger partial charge in [0, 0.05) is 5.92 Å². The van der Waals surface area contributed by atoms with Gasteiger partial charge in [0.1, 0.15) is 5.76 Å². The fraction of sp³-hybridized carbons (Fsp3) is 0.800. The van der Waals surface area contributed by atoms with Crippen LogP contribution in [0.4, 0.5) is 0 Å². The van der Waals surface area contributed by atoms with Crippen LogP contribution in [0.5, 0.6) is 0 Å². The van der Waals surface area contributed by atoms with Gasteiger partial charge in [0.05, 0.1) is 0 Å². The summed E-state index contributed by atoms with van der Waals surface area (Å²) in [5, 5.41) is 0. The zero-order valence-corrected chi connectivity index (χ0v) is 7.35. The molecule has 4 aliphatic rings. The minimum atomic E-state index is 0.165. The lowest BCUT2D eigenvalue weighted by Gasteiger charge is -2.53. The van der Waals surface area contributed by atoms with E-state index >= 15 is 0 Å². The van der Waals surface area contributed by atoms with Crippen molar-refractivity contribution in [2.75, 3.05) is 0 Å². The largest absolute Gasteiger partial charge is 0.480 e. The predicted octanol–water partition coefficient (Wildman–Crippen LogP) is 2.34. The van der Waals surface area contributed by atoms with E-state index in [4.69, 9.17) is 4.74 Å². The third-order valence-electron chi connectivity index (χ3n) is 4.13. The van der Waals surface area contributed by atoms with Crippen LogP contribution in [-0.4, -0.2) is 5.60 Å². The first kappa shape index (κ1) is 6.10. The maximum atomic E-state index is 5.62. The Morgan fingerprint density at radius 2 is 2.18 bits per heavy atom. The Kier molecular flexibility index (Phi) is 0.696. The standard InChI is InChI=1S/C10H14O/c1-9(2)6-4-7(9)10(3)8(5-6)11-10/h5-7H,4H2,1-3H3. The van der Waals surface area contributed by atoms with Crippen molar-refractivity contribution in [3.05, 3.63) is 11.8 Å². The zero-order chi connectivity index (χ0) is 7.85. The number of hydrogen-bond donors (Lipinski definition) is 0. The Morgan fingerprint density at radius 1 is 1.45 bits per heavy atom. The molecule has 0 aromatic rings. The van der Waals surface area contributed by atoms with Gasteiger partial charge in [0.25, 0.3) is 0 Å². The van der Waals surface area contributed by atoms with Crippen LogP contribution in [0, 0.1) is 17.3 Å². The normalized spacial score (nSPS) is 55.0. The molecule has 1 saturated heterocycles. The minimum absolute atomic E-state index is 0.165. The molecule has 0 radical (unpaired) electrons. The van der Waals surface area contributed by atoms with Crippen LogP contribution in [0.1, 0.15) is 27.2 Å². The van der Waals surface area contributed by atoms with Crippen LogP contribution in [-0.2, 0) is 4.74 Å². The number of hydrogen-bond acceptors (Lipinski definition) is 1. The van der Waals surface area contributed by atoms with Crippen molar-refractivity contribution in [3.63, 3.8) is 0 Å². The SMILES string of the molecule is CC12OC1=CC1CC2C1(C)C. The average molecular weight is 150 g/mol. The van der Waals surface area contributed by atoms with Gasteiger partial charge in [0.2, 0.25) is 0 Å². The highest BCUT2D eigenvalue weighted by molar-refractivity contribution is 5.37. The van der Waals surface area contributed by atoms with Crippen LogP contribution < -0.4 is 0 Å². The zero-order valence-electron chi connectivity index (χ0n) is 7.35. The Morgan fingerprint density at radius 3 is 2.64 bits per heavy atom. The van der Waals surface area contributed by atoms with E-state index in [1.807, 2.05) is 0 Å². The smallest absolute Gasteiger partial charge is 0.165 e. The molecule has 3 aliphatic carbocycles. The monoisotopic (exact) mass is 150 g/mol. The molecule has 1 heterocycles. The molecule has 0 aromatic heterocycles. The van der Waals surface area contributed by atoms with Crippen LogP contribution in [0.25, 0.3) is 0 Å². The van der Waals surface area contributed by atoms with Crippen LogP contribution >= 0.6 is 0 Å². The average Bonchev–Trinajstić information content (AvgIpc) is 2.58. The van der Waals surface area contributed by atoms with Gasteiger partial charge in [0.15, 0.2) is 5.60 Å². The summed E-state index contributed by atoms with van der Waals surface area (Å²) in [6.45, 7) is 6.97. The van der Waals surface area contributed by atoms with E-state index in [1.54, 1.807) is 0 Å². The number of ether oxygens (including phenoxy) is 1. The summed E-state index contributed by atoms with van der Waals surface area (Å²) >= 11 is 0. The molecule has 3 atom stereocenters. The van der Waals surface area contributed by atoms with Gasteiger partial charge < -0.3 is 4.74 Å². The van der Waals surface area contributed by atoms with Crippen molar-refractivity contribution in [2.24, 2.45) is 17.3 Å². The molecular formula is C10H14O. The highest BCUT2D eigenvalue weighted by atomic mass is 16.6. The maximum Gasteiger partial charge on any atom is 0.165 e. The van der Waals surface area contributed by atoms with Gasteiger partial charge in [-0.15, -0.1) is 0 Å². The highest BCUT2D eigenvalue weighted by Crippen LogP contribution is 2.69. The van der Waals surface area contributed by atoms with E-state index in [1.165, 1.54) is 12.2 Å². The lowest BCUT2D eigenvalue weighted by atomic mass is 9.48. The molecule has 0 spiro atoms. The van der Waals surface area contributed by atoms with E-state index < -0.39 is 0 Å². The lowest BCUT2D eigenvalue weighted by molar-refractivity contribution is -0.0415. The molecule has 1 saturated carbocycles. The summed E-state index contributed by atoms with van der Waals surface area (Å²) in [6.07, 6.45) is 3.70. The molecule has 60 valence electrons. The molecule has 1 aliphatic heterocycles. The Bertz CT molecular complexity index is 264. The molecule has 1 nitrogen and oxygen atoms in total. The van der Waals surface area contributed by atoms with E-state index in [9.17, 15) is 0 Å². The summed E-state index contributed by atoms with van der Waals surface area (Å²) in [4.78, 5) is 0. The van der Waals surface area contributed by atoms with Gasteiger partial charge in [-0.05, 0) is 30.8 Å². The van der Waals surface area contributed by atoms with E-state index in [0.29, 0.717) is 5.41 Å². The number of allylic oxidation sites excluding steroid dienone is 1. The van der Waals surface area contributed by atoms with Crippen molar-refractivity contribution in [3.8, 4) is 0 Å². The molecular weight excluding hydrogens is 136 g/mol. The van der Waals surface area contributed by atoms with Crippen LogP contribution in [0.2, 0.25) is 0 Å². The Balaban J connectivity index is 2.10. The van der Waals surface area contributed by atoms with Crippen LogP contribution in [0.3, 0.4) is 0 Å². The summed E-state index contributed by atoms with van der Waals surface area (Å²) in [5.74, 6) is 2.87. The molecule has 11 heavy (non-hydrogen) atoms. The van der Waals surface area contributed by atoms with Crippen molar-refractivity contribution in [1.82, 2.24) is 0 Å². The first-order valence-electron chi connectivity index (χ1n) is 4.46. The molecule has 2 bridgehead atoms. The second kappa shape index (κ2) is 1.26. The fourth-order valence-electron chi connectivity index (χ4n) is 3.00. The molecule has 2 fully saturated rings. The van der Waals surface area contributed by atoms with Gasteiger partial charge >= 0.3 is 0 Å². The molecule has 0 aromatic carbocycles. The van der Waals surface area contributed by atoms with E-state index in [-0.39, 0.29) is 5.60 Å². The summed E-state index contributed by atoms with van der Waals surface area (Å²) < 4.78 is 5.62. The second-order valence-electron chi connectivity index (χ2n) is 4.96. The summed E-state index contributed by atoms with van der Waals surface area (Å²) in [6, 6.07) is 0. The van der Waals surface area contributed by atoms with Crippen molar-refractivity contribution >= 4 is 0 Å². The van der Waals surface area contributed by atoms with Crippen LogP contribution in [0.15, 0.2) is 11.8 Å². The summed E-state index contributed by atoms with van der Waals surface area (Å²) in [7, 11) is 0.